The second-order valence-electron chi connectivity index (χ2n) is 7.64. The molecule has 0 aliphatic carbocycles. The van der Waals surface area contributed by atoms with Gasteiger partial charge in [-0.3, -0.25) is 23.4 Å². The molecule has 4 N–H and O–H groups in total. The van der Waals surface area contributed by atoms with Crippen molar-refractivity contribution >= 4 is 7.82 Å². The average molecular weight is 490 g/mol. The average Bonchev–Trinajstić information content (AvgIpc) is 2.99. The Morgan fingerprint density at radius 1 is 1.39 bits per heavy atom. The maximum atomic E-state index is 15.8. The van der Waals surface area contributed by atoms with Crippen molar-refractivity contribution < 1.29 is 45.3 Å². The zero-order valence-electron chi connectivity index (χ0n) is 19.4. The van der Waals surface area contributed by atoms with Gasteiger partial charge in [0, 0.05) is 11.8 Å². The van der Waals surface area contributed by atoms with E-state index in [0.29, 0.717) is 15.7 Å². The molecule has 1 aromatic carbocycles. The molecule has 0 saturated carbocycles. The highest BCUT2D eigenvalue weighted by molar-refractivity contribution is 7.49. The number of benzene rings is 1. The van der Waals surface area contributed by atoms with Crippen LogP contribution in [-0.4, -0.2) is 49.5 Å². The molecule has 1 unspecified atom stereocenters. The lowest BCUT2D eigenvalue weighted by molar-refractivity contribution is -0.205. The summed E-state index contributed by atoms with van der Waals surface area (Å²) in [6.07, 6.45) is -6.23. The molecule has 2 aliphatic heterocycles. The fourth-order valence-corrected chi connectivity index (χ4v) is 4.72. The summed E-state index contributed by atoms with van der Waals surface area (Å²) in [4.78, 5) is 25.6. The number of aromatic amines is 1. The largest absolute Gasteiger partial charge is 0.530 e. The minimum absolute atomic E-state index is 0.0935. The van der Waals surface area contributed by atoms with Crippen molar-refractivity contribution in [3.05, 3.63) is 61.4 Å². The molecule has 1 aromatic heterocycles. The lowest BCUT2D eigenvalue weighted by atomic mass is 10.1. The van der Waals surface area contributed by atoms with Crippen molar-refractivity contribution in [1.29, 1.82) is 0 Å². The first-order valence-electron chi connectivity index (χ1n) is 10.6. The summed E-state index contributed by atoms with van der Waals surface area (Å²) < 4.78 is 65.4. The quantitative estimate of drug-likeness (QED) is 0.428. The lowest BCUT2D eigenvalue weighted by Gasteiger charge is -2.29. The number of nitrogens with zero attached hydrogens (tertiary/aromatic N) is 1. The maximum Gasteiger partial charge on any atom is 0.530 e. The van der Waals surface area contributed by atoms with Gasteiger partial charge in [-0.2, -0.15) is 0 Å². The number of alkyl halides is 1. The van der Waals surface area contributed by atoms with E-state index < -0.39 is 56.5 Å². The Morgan fingerprint density at radius 3 is 2.82 bits per heavy atom. The van der Waals surface area contributed by atoms with Crippen LogP contribution < -0.4 is 15.8 Å². The Morgan fingerprint density at radius 2 is 2.12 bits per heavy atom. The Balaban J connectivity index is 1.64. The van der Waals surface area contributed by atoms with Crippen LogP contribution in [0.1, 0.15) is 31.2 Å². The molecular formula is C19H22FN2O10P. The van der Waals surface area contributed by atoms with Gasteiger partial charge < -0.3 is 24.6 Å². The second-order valence-corrected chi connectivity index (χ2v) is 9.16. The van der Waals surface area contributed by atoms with Crippen LogP contribution in [0.2, 0.25) is 0 Å². The molecule has 2 aliphatic rings. The number of nitrogens with one attached hydrogen (secondary N) is 1. The standard InChI is InChI=1S/C19H22FN2O10P/c1-9-3-10(2)14-11(4-9)7-29-33(28,32-14)30-8-19(20)15(25)13(24)17(31-19)22-5-12(6-23)16(26)21-18(22)27/h3-5,13,15,17,23-25H,6-8H2,1-2H3,(H,21,26,27)/t13-,15+,17-,19-,33?/m1/s1/i8D2. The maximum absolute atomic E-state index is 15.8. The number of rotatable bonds is 5. The fraction of sp³-hybridized carbons (Fsp3) is 0.474. The van der Waals surface area contributed by atoms with Gasteiger partial charge in [0.1, 0.15) is 24.5 Å². The van der Waals surface area contributed by atoms with Gasteiger partial charge in [-0.25, -0.2) is 13.8 Å². The number of aliphatic hydroxyl groups excluding tert-OH is 3. The number of hydrogen-bond donors (Lipinski definition) is 4. The van der Waals surface area contributed by atoms with Crippen molar-refractivity contribution in [2.45, 2.75) is 51.4 Å². The summed E-state index contributed by atoms with van der Waals surface area (Å²) in [5, 5.41) is 29.9. The van der Waals surface area contributed by atoms with E-state index in [1.807, 2.05) is 4.98 Å². The van der Waals surface area contributed by atoms with Crippen molar-refractivity contribution in [3.8, 4) is 5.75 Å². The molecule has 2 aromatic rings. The third-order valence-corrected chi connectivity index (χ3v) is 6.31. The molecular weight excluding hydrogens is 466 g/mol. The first-order chi connectivity index (χ1) is 16.2. The first kappa shape index (κ1) is 21.2. The van der Waals surface area contributed by atoms with Crippen molar-refractivity contribution in [2.24, 2.45) is 0 Å². The van der Waals surface area contributed by atoms with E-state index in [1.165, 1.54) is 0 Å². The number of hydrogen-bond acceptors (Lipinski definition) is 10. The van der Waals surface area contributed by atoms with Gasteiger partial charge in [0.15, 0.2) is 6.23 Å². The first-order valence-corrected chi connectivity index (χ1v) is 11.1. The predicted octanol–water partition coefficient (Wildman–Crippen LogP) is 0.296. The molecule has 1 saturated heterocycles. The molecule has 180 valence electrons. The monoisotopic (exact) mass is 490 g/mol. The summed E-state index contributed by atoms with van der Waals surface area (Å²) in [7, 11) is -4.81. The van der Waals surface area contributed by atoms with Gasteiger partial charge in [-0.15, -0.1) is 0 Å². The zero-order chi connectivity index (χ0) is 25.9. The molecule has 3 heterocycles. The third kappa shape index (κ3) is 4.28. The van der Waals surface area contributed by atoms with E-state index in [-0.39, 0.29) is 17.9 Å². The number of ether oxygens (including phenoxy) is 1. The van der Waals surface area contributed by atoms with Crippen molar-refractivity contribution in [1.82, 2.24) is 9.55 Å². The number of phosphoric acid groups is 1. The molecule has 0 bridgehead atoms. The van der Waals surface area contributed by atoms with Crippen molar-refractivity contribution in [2.75, 3.05) is 6.56 Å². The van der Waals surface area contributed by atoms with E-state index in [1.54, 1.807) is 26.0 Å². The van der Waals surface area contributed by atoms with E-state index in [4.69, 9.17) is 21.0 Å². The Kier molecular flexibility index (Phi) is 5.41. The Bertz CT molecular complexity index is 1330. The summed E-state index contributed by atoms with van der Waals surface area (Å²) in [5.41, 5.74) is -0.632. The SMILES string of the molecule is [2H]C([2H])(OP1(=O)OCc2cc(C)cc(C)c2O1)[C@@]1(F)O[C@@H](n2cc(CO)c(=O)[nH]c2=O)[C@H](O)[C@@H]1O. The smallest absolute Gasteiger partial charge is 0.403 e. The molecule has 0 spiro atoms. The molecule has 12 nitrogen and oxygen atoms in total. The van der Waals surface area contributed by atoms with Crippen LogP contribution in [0.5, 0.6) is 5.75 Å². The van der Waals surface area contributed by atoms with Crippen LogP contribution >= 0.6 is 7.82 Å². The summed E-state index contributed by atoms with van der Waals surface area (Å²) >= 11 is 0. The van der Waals surface area contributed by atoms with Gasteiger partial charge in [0.05, 0.1) is 21.5 Å². The van der Waals surface area contributed by atoms with Gasteiger partial charge in [0.2, 0.25) is 0 Å². The number of fused-ring (bicyclic) bond motifs is 1. The number of halogens is 1. The summed E-state index contributed by atoms with van der Waals surface area (Å²) in [6, 6.07) is 3.39. The number of aryl methyl sites for hydroxylation is 2. The van der Waals surface area contributed by atoms with E-state index in [0.717, 1.165) is 11.8 Å². The van der Waals surface area contributed by atoms with Crippen LogP contribution in [0.15, 0.2) is 27.9 Å². The summed E-state index contributed by atoms with van der Waals surface area (Å²) in [5.74, 6) is -3.80. The number of H-pyrrole nitrogens is 1. The van der Waals surface area contributed by atoms with E-state index in [2.05, 4.69) is 0 Å². The minimum atomic E-state index is -4.81. The Hall–Kier alpha value is -2.38. The minimum Gasteiger partial charge on any atom is -0.403 e. The number of aliphatic hydroxyl groups is 3. The number of phosphoric ester groups is 1. The van der Waals surface area contributed by atoms with Gasteiger partial charge in [-0.1, -0.05) is 17.7 Å². The second kappa shape index (κ2) is 8.44. The molecule has 0 amide bonds. The van der Waals surface area contributed by atoms with Crippen LogP contribution in [0.3, 0.4) is 0 Å². The highest BCUT2D eigenvalue weighted by atomic mass is 31.2. The van der Waals surface area contributed by atoms with E-state index >= 15 is 4.39 Å². The molecule has 1 fully saturated rings. The Labute approximate surface area is 188 Å². The van der Waals surface area contributed by atoms with Crippen LogP contribution in [-0.2, 0) is 31.6 Å². The highest BCUT2D eigenvalue weighted by Crippen LogP contribution is 2.56. The van der Waals surface area contributed by atoms with Crippen LogP contribution in [0.25, 0.3) is 0 Å². The van der Waals surface area contributed by atoms with Crippen molar-refractivity contribution in [3.63, 3.8) is 0 Å². The fourth-order valence-electron chi connectivity index (χ4n) is 3.56. The van der Waals surface area contributed by atoms with E-state index in [9.17, 15) is 29.5 Å². The third-order valence-electron chi connectivity index (χ3n) is 5.15. The molecule has 14 heteroatoms. The summed E-state index contributed by atoms with van der Waals surface area (Å²) in [6.45, 7) is -1.44. The molecule has 33 heavy (non-hydrogen) atoms. The number of aromatic nitrogens is 2. The van der Waals surface area contributed by atoms with Crippen LogP contribution in [0, 0.1) is 13.8 Å². The van der Waals surface area contributed by atoms with Gasteiger partial charge >= 0.3 is 13.5 Å². The molecule has 5 atom stereocenters. The zero-order valence-corrected chi connectivity index (χ0v) is 18.2. The van der Waals surface area contributed by atoms with Gasteiger partial charge in [-0.05, 0) is 19.4 Å². The topological polar surface area (TPSA) is 170 Å². The predicted molar refractivity (Wildman–Crippen MR) is 108 cm³/mol. The van der Waals surface area contributed by atoms with Crippen LogP contribution in [0.4, 0.5) is 4.39 Å². The van der Waals surface area contributed by atoms with Gasteiger partial charge in [0.25, 0.3) is 11.4 Å². The highest BCUT2D eigenvalue weighted by Gasteiger charge is 2.57. The normalized spacial score (nSPS) is 32.6. The molecule has 0 radical (unpaired) electrons. The molecule has 4 rings (SSSR count). The lowest BCUT2D eigenvalue weighted by Crippen LogP contribution is -2.43.